The van der Waals surface area contributed by atoms with E-state index in [1.54, 1.807) is 11.8 Å². The van der Waals surface area contributed by atoms with Gasteiger partial charge in [0.2, 0.25) is 0 Å². The first kappa shape index (κ1) is 15.5. The van der Waals surface area contributed by atoms with E-state index in [9.17, 15) is 0 Å². The molecule has 0 saturated carbocycles. The maximum atomic E-state index is 4.55. The van der Waals surface area contributed by atoms with Gasteiger partial charge in [-0.25, -0.2) is 9.97 Å². The molecule has 0 fully saturated rings. The molecule has 0 atom stereocenters. The highest BCUT2D eigenvalue weighted by Gasteiger charge is 2.13. The van der Waals surface area contributed by atoms with Crippen molar-refractivity contribution in [2.75, 3.05) is 0 Å². The number of thioether (sulfide) groups is 1. The van der Waals surface area contributed by atoms with Crippen LogP contribution in [-0.2, 0) is 12.3 Å². The Hall–Kier alpha value is -0.880. The third-order valence-electron chi connectivity index (χ3n) is 3.40. The monoisotopic (exact) mass is 354 g/mol. The fourth-order valence-corrected chi connectivity index (χ4v) is 3.52. The zero-order valence-corrected chi connectivity index (χ0v) is 14.9. The molecule has 2 aromatic rings. The lowest BCUT2D eigenvalue weighted by atomic mass is 10.2. The van der Waals surface area contributed by atoms with Crippen LogP contribution in [0.3, 0.4) is 0 Å². The van der Waals surface area contributed by atoms with E-state index in [1.807, 2.05) is 25.5 Å². The molecule has 2 rings (SSSR count). The second kappa shape index (κ2) is 6.26. The molecule has 0 amide bonds. The summed E-state index contributed by atoms with van der Waals surface area (Å²) < 4.78 is 3.12. The summed E-state index contributed by atoms with van der Waals surface area (Å²) in [4.78, 5) is 9.09. The third-order valence-corrected chi connectivity index (χ3v) is 5.29. The smallest absolute Gasteiger partial charge is 0.188 e. The number of hydrogen-bond acceptors (Lipinski definition) is 4. The van der Waals surface area contributed by atoms with E-state index >= 15 is 0 Å². The maximum Gasteiger partial charge on any atom is 0.188 e. The highest BCUT2D eigenvalue weighted by Crippen LogP contribution is 2.28. The first-order chi connectivity index (χ1) is 9.43. The second-order valence-electron chi connectivity index (χ2n) is 4.75. The van der Waals surface area contributed by atoms with Gasteiger partial charge in [0, 0.05) is 23.7 Å². The lowest BCUT2D eigenvalue weighted by Gasteiger charge is -2.08. The average molecular weight is 355 g/mol. The summed E-state index contributed by atoms with van der Waals surface area (Å²) in [7, 11) is 0. The van der Waals surface area contributed by atoms with Gasteiger partial charge >= 0.3 is 0 Å². The molecule has 0 N–H and O–H groups in total. The van der Waals surface area contributed by atoms with Gasteiger partial charge in [-0.05, 0) is 56.1 Å². The normalized spacial score (nSPS) is 11.1. The molecule has 0 unspecified atom stereocenters. The minimum absolute atomic E-state index is 0.817. The number of nitrogens with zero attached hydrogens (tertiary/aromatic N) is 4. The third kappa shape index (κ3) is 3.06. The summed E-state index contributed by atoms with van der Waals surface area (Å²) in [5, 5.41) is 5.34. The van der Waals surface area contributed by atoms with Gasteiger partial charge in [-0.3, -0.25) is 4.68 Å². The van der Waals surface area contributed by atoms with Crippen molar-refractivity contribution in [1.29, 1.82) is 0 Å². The molecule has 6 heteroatoms. The van der Waals surface area contributed by atoms with Crippen LogP contribution in [0.1, 0.15) is 35.3 Å². The fourth-order valence-electron chi connectivity index (χ4n) is 1.95. The van der Waals surface area contributed by atoms with Crippen LogP contribution >= 0.6 is 27.7 Å². The average Bonchev–Trinajstić information content (AvgIpc) is 2.69. The molecule has 0 bridgehead atoms. The van der Waals surface area contributed by atoms with E-state index in [2.05, 4.69) is 44.8 Å². The van der Waals surface area contributed by atoms with Gasteiger partial charge in [0.15, 0.2) is 5.16 Å². The van der Waals surface area contributed by atoms with E-state index in [4.69, 9.17) is 0 Å². The van der Waals surface area contributed by atoms with Crippen molar-refractivity contribution >= 4 is 27.7 Å². The molecule has 2 aromatic heterocycles. The molecule has 0 saturated heterocycles. The van der Waals surface area contributed by atoms with Gasteiger partial charge in [0.05, 0.1) is 15.9 Å². The SMILES string of the molecule is CCn1nc(C)c(Br)c1CSc1nc(C)c(C)c(C)n1. The van der Waals surface area contributed by atoms with Crippen LogP contribution in [0.15, 0.2) is 9.63 Å². The summed E-state index contributed by atoms with van der Waals surface area (Å²) >= 11 is 5.27. The molecule has 0 aliphatic carbocycles. The predicted octanol–water partition coefficient (Wildman–Crippen LogP) is 3.98. The van der Waals surface area contributed by atoms with Crippen molar-refractivity contribution in [3.63, 3.8) is 0 Å². The first-order valence-electron chi connectivity index (χ1n) is 6.60. The fraction of sp³-hybridized carbons (Fsp3) is 0.500. The van der Waals surface area contributed by atoms with Gasteiger partial charge in [-0.15, -0.1) is 0 Å². The summed E-state index contributed by atoms with van der Waals surface area (Å²) in [6, 6.07) is 0. The second-order valence-corrected chi connectivity index (χ2v) is 6.49. The van der Waals surface area contributed by atoms with Crippen LogP contribution in [0.2, 0.25) is 0 Å². The minimum Gasteiger partial charge on any atom is -0.268 e. The standard InChI is InChI=1S/C14H19BrN4S/c1-6-19-12(13(15)11(5)18-19)7-20-14-16-9(3)8(2)10(4)17-14/h6-7H2,1-5H3. The van der Waals surface area contributed by atoms with Crippen LogP contribution in [0.5, 0.6) is 0 Å². The first-order valence-corrected chi connectivity index (χ1v) is 8.38. The molecule has 108 valence electrons. The van der Waals surface area contributed by atoms with Crippen molar-refractivity contribution in [3.8, 4) is 0 Å². The molecular formula is C14H19BrN4S. The Morgan fingerprint density at radius 1 is 1.05 bits per heavy atom. The van der Waals surface area contributed by atoms with Crippen molar-refractivity contribution in [1.82, 2.24) is 19.7 Å². The summed E-state index contributed by atoms with van der Waals surface area (Å²) in [5.74, 6) is 0.817. The van der Waals surface area contributed by atoms with Crippen molar-refractivity contribution in [2.24, 2.45) is 0 Å². The van der Waals surface area contributed by atoms with Gasteiger partial charge in [-0.2, -0.15) is 5.10 Å². The topological polar surface area (TPSA) is 43.6 Å². The Kier molecular flexibility index (Phi) is 4.86. The Balaban J connectivity index is 2.21. The summed E-state index contributed by atoms with van der Waals surface area (Å²) in [5.41, 5.74) is 5.50. The minimum atomic E-state index is 0.817. The van der Waals surface area contributed by atoms with Crippen LogP contribution < -0.4 is 0 Å². The largest absolute Gasteiger partial charge is 0.268 e. The zero-order chi connectivity index (χ0) is 14.9. The molecule has 0 aromatic carbocycles. The van der Waals surface area contributed by atoms with Crippen molar-refractivity contribution in [2.45, 2.75) is 52.1 Å². The Morgan fingerprint density at radius 2 is 1.65 bits per heavy atom. The molecule has 0 spiro atoms. The Labute approximate surface area is 132 Å². The van der Waals surface area contributed by atoms with Gasteiger partial charge in [-0.1, -0.05) is 11.8 Å². The molecule has 0 aliphatic rings. The van der Waals surface area contributed by atoms with E-state index in [0.717, 1.165) is 39.0 Å². The lowest BCUT2D eigenvalue weighted by Crippen LogP contribution is -2.03. The molecule has 20 heavy (non-hydrogen) atoms. The molecule has 2 heterocycles. The van der Waals surface area contributed by atoms with Crippen LogP contribution in [0.4, 0.5) is 0 Å². The number of halogens is 1. The maximum absolute atomic E-state index is 4.55. The predicted molar refractivity (Wildman–Crippen MR) is 86.1 cm³/mol. The summed E-state index contributed by atoms with van der Waals surface area (Å²) in [6.07, 6.45) is 0. The van der Waals surface area contributed by atoms with Gasteiger partial charge in [0.25, 0.3) is 0 Å². The summed E-state index contributed by atoms with van der Waals surface area (Å²) in [6.45, 7) is 11.1. The van der Waals surface area contributed by atoms with Crippen LogP contribution in [-0.4, -0.2) is 19.7 Å². The molecule has 4 nitrogen and oxygen atoms in total. The van der Waals surface area contributed by atoms with E-state index in [-0.39, 0.29) is 0 Å². The van der Waals surface area contributed by atoms with Crippen molar-refractivity contribution in [3.05, 3.63) is 32.8 Å². The highest BCUT2D eigenvalue weighted by atomic mass is 79.9. The zero-order valence-electron chi connectivity index (χ0n) is 12.5. The number of aromatic nitrogens is 4. The van der Waals surface area contributed by atoms with Crippen LogP contribution in [0.25, 0.3) is 0 Å². The quantitative estimate of drug-likeness (QED) is 0.615. The van der Waals surface area contributed by atoms with E-state index in [0.29, 0.717) is 0 Å². The van der Waals surface area contributed by atoms with Crippen molar-refractivity contribution < 1.29 is 0 Å². The van der Waals surface area contributed by atoms with Gasteiger partial charge < -0.3 is 0 Å². The molecule has 0 aliphatic heterocycles. The lowest BCUT2D eigenvalue weighted by molar-refractivity contribution is 0.631. The molecule has 0 radical (unpaired) electrons. The molecular weight excluding hydrogens is 336 g/mol. The van der Waals surface area contributed by atoms with E-state index in [1.165, 1.54) is 11.3 Å². The number of aryl methyl sites for hydroxylation is 4. The van der Waals surface area contributed by atoms with Gasteiger partial charge in [0.1, 0.15) is 0 Å². The van der Waals surface area contributed by atoms with E-state index < -0.39 is 0 Å². The Morgan fingerprint density at radius 3 is 2.20 bits per heavy atom. The highest BCUT2D eigenvalue weighted by molar-refractivity contribution is 9.10. The number of hydrogen-bond donors (Lipinski definition) is 0. The Bertz CT molecular complexity index is 613. The number of rotatable bonds is 4. The van der Waals surface area contributed by atoms with Crippen LogP contribution in [0, 0.1) is 27.7 Å².